The third-order valence-electron chi connectivity index (χ3n) is 7.38. The first-order valence-electron chi connectivity index (χ1n) is 13.8. The van der Waals surface area contributed by atoms with Crippen LogP contribution < -0.4 is 9.80 Å². The van der Waals surface area contributed by atoms with Gasteiger partial charge in [0.05, 0.1) is 26.7 Å². The fourth-order valence-corrected chi connectivity index (χ4v) is 6.67. The minimum atomic E-state index is -0.702. The second-order valence-corrected chi connectivity index (χ2v) is 12.7. The Morgan fingerprint density at radius 3 is 2.02 bits per heavy atom. The van der Waals surface area contributed by atoms with Crippen molar-refractivity contribution in [3.63, 3.8) is 0 Å². The van der Waals surface area contributed by atoms with Gasteiger partial charge in [-0.25, -0.2) is 0 Å². The van der Waals surface area contributed by atoms with Crippen molar-refractivity contribution in [3.8, 4) is 0 Å². The van der Waals surface area contributed by atoms with Gasteiger partial charge in [0.1, 0.15) is 5.57 Å². The Morgan fingerprint density at radius 1 is 0.826 bits per heavy atom. The number of para-hydroxylation sites is 1. The van der Waals surface area contributed by atoms with Crippen LogP contribution in [0.4, 0.5) is 17.1 Å². The number of aromatic nitrogens is 1. The molecule has 8 nitrogen and oxygen atoms in total. The molecule has 6 rings (SSSR count). The van der Waals surface area contributed by atoms with Crippen LogP contribution in [-0.2, 0) is 9.59 Å². The highest BCUT2D eigenvalue weighted by Gasteiger charge is 2.41. The maximum Gasteiger partial charge on any atom is 0.283 e. The number of thiocarbonyl (C=S) groups is 1. The predicted octanol–water partition coefficient (Wildman–Crippen LogP) is 8.97. The molecule has 0 N–H and O–H groups in total. The molecule has 0 unspecified atom stereocenters. The Morgan fingerprint density at radius 2 is 1.43 bits per heavy atom. The SMILES string of the molecule is Cc1ccc(N2C(=O)C(=Cc3ccc(Sc4cccc5cccnc45)c([N+](=O)[O-])c3)C(=O)N(c3ccc(C)c(Cl)c3)C2=S)cc1Cl. The van der Waals surface area contributed by atoms with Gasteiger partial charge in [-0.3, -0.25) is 34.5 Å². The summed E-state index contributed by atoms with van der Waals surface area (Å²) in [5.74, 6) is -1.40. The summed E-state index contributed by atoms with van der Waals surface area (Å²) < 4.78 is 0. The Kier molecular flexibility index (Phi) is 8.63. The Bertz CT molecular complexity index is 2070. The molecule has 1 aliphatic heterocycles. The van der Waals surface area contributed by atoms with Crippen molar-refractivity contribution in [2.75, 3.05) is 9.80 Å². The standard InChI is InChI=1S/C34H22Cl2N4O4S2/c1-19-8-11-23(17-26(19)35)38-32(41)25(33(42)39(34(38)45)24-12-9-20(2)27(36)18-24)15-21-10-13-29(28(16-21)40(43)44)46-30-7-3-5-22-6-4-14-37-31(22)30/h3-18H,1-2H3. The first-order chi connectivity index (χ1) is 22.0. The van der Waals surface area contributed by atoms with E-state index in [4.69, 9.17) is 35.4 Å². The number of nitro benzene ring substituents is 1. The molecule has 2 amide bonds. The number of benzene rings is 4. The van der Waals surface area contributed by atoms with Crippen molar-refractivity contribution in [2.45, 2.75) is 23.6 Å². The number of rotatable bonds is 6. The number of amides is 2. The van der Waals surface area contributed by atoms with Crippen LogP contribution in [0.15, 0.2) is 106 Å². The van der Waals surface area contributed by atoms with Crippen LogP contribution in [0.1, 0.15) is 16.7 Å². The van der Waals surface area contributed by atoms with Gasteiger partial charge in [0, 0.05) is 32.6 Å². The lowest BCUT2D eigenvalue weighted by atomic mass is 10.0. The first-order valence-corrected chi connectivity index (χ1v) is 15.8. The smallest absolute Gasteiger partial charge is 0.268 e. The van der Waals surface area contributed by atoms with Crippen LogP contribution in [0.5, 0.6) is 0 Å². The van der Waals surface area contributed by atoms with Crippen molar-refractivity contribution in [3.05, 3.63) is 134 Å². The fourth-order valence-electron chi connectivity index (χ4n) is 4.92. The third-order valence-corrected chi connectivity index (χ3v) is 9.68. The molecule has 1 fully saturated rings. The number of hydrogen-bond acceptors (Lipinski definition) is 7. The summed E-state index contributed by atoms with van der Waals surface area (Å²) >= 11 is 19.7. The molecule has 0 aliphatic carbocycles. The minimum Gasteiger partial charge on any atom is -0.268 e. The van der Waals surface area contributed by atoms with Gasteiger partial charge in [-0.1, -0.05) is 71.4 Å². The van der Waals surface area contributed by atoms with Gasteiger partial charge in [0.2, 0.25) is 0 Å². The highest BCUT2D eigenvalue weighted by atomic mass is 35.5. The van der Waals surface area contributed by atoms with Gasteiger partial charge in [-0.15, -0.1) is 0 Å². The van der Waals surface area contributed by atoms with E-state index in [2.05, 4.69) is 4.98 Å². The average molecular weight is 686 g/mol. The third kappa shape index (κ3) is 5.88. The van der Waals surface area contributed by atoms with E-state index in [1.165, 1.54) is 33.7 Å². The quantitative estimate of drug-likeness (QED) is 0.0579. The topological polar surface area (TPSA) is 96.6 Å². The summed E-state index contributed by atoms with van der Waals surface area (Å²) in [5.41, 5.74) is 2.84. The largest absolute Gasteiger partial charge is 0.283 e. The monoisotopic (exact) mass is 684 g/mol. The zero-order valence-corrected chi connectivity index (χ0v) is 27.4. The van der Waals surface area contributed by atoms with E-state index in [-0.39, 0.29) is 21.9 Å². The Labute approximate surface area is 283 Å². The van der Waals surface area contributed by atoms with E-state index in [9.17, 15) is 19.7 Å². The number of pyridine rings is 1. The number of carbonyl (C=O) groups is 2. The lowest BCUT2D eigenvalue weighted by molar-refractivity contribution is -0.387. The summed E-state index contributed by atoms with van der Waals surface area (Å²) in [7, 11) is 0. The number of halogens is 2. The van der Waals surface area contributed by atoms with Gasteiger partial charge in [-0.2, -0.15) is 0 Å². The molecule has 1 aliphatic rings. The second-order valence-electron chi connectivity index (χ2n) is 10.4. The highest BCUT2D eigenvalue weighted by molar-refractivity contribution is 7.99. The molecule has 0 bridgehead atoms. The molecule has 46 heavy (non-hydrogen) atoms. The molecule has 0 atom stereocenters. The number of fused-ring (bicyclic) bond motifs is 1. The molecule has 0 radical (unpaired) electrons. The number of anilines is 2. The van der Waals surface area contributed by atoms with Crippen molar-refractivity contribution in [1.82, 2.24) is 4.98 Å². The number of hydrogen-bond donors (Lipinski definition) is 0. The predicted molar refractivity (Wildman–Crippen MR) is 187 cm³/mol. The molecule has 0 saturated carbocycles. The van der Waals surface area contributed by atoms with Crippen LogP contribution in [-0.4, -0.2) is 26.8 Å². The summed E-state index contributed by atoms with van der Waals surface area (Å²) in [4.78, 5) is 47.8. The van der Waals surface area contributed by atoms with E-state index in [1.54, 1.807) is 54.7 Å². The molecule has 2 heterocycles. The van der Waals surface area contributed by atoms with Crippen LogP contribution in [0.2, 0.25) is 10.0 Å². The molecular weight excluding hydrogens is 663 g/mol. The van der Waals surface area contributed by atoms with E-state index in [0.29, 0.717) is 26.3 Å². The summed E-state index contributed by atoms with van der Waals surface area (Å²) in [6.45, 7) is 3.65. The van der Waals surface area contributed by atoms with Crippen LogP contribution in [0, 0.1) is 24.0 Å². The Balaban J connectivity index is 1.45. The van der Waals surface area contributed by atoms with Gasteiger partial charge in [0.15, 0.2) is 5.11 Å². The number of carbonyl (C=O) groups excluding carboxylic acids is 2. The van der Waals surface area contributed by atoms with E-state index in [0.717, 1.165) is 26.9 Å². The van der Waals surface area contributed by atoms with E-state index < -0.39 is 16.7 Å². The van der Waals surface area contributed by atoms with E-state index in [1.807, 2.05) is 44.2 Å². The molecule has 5 aromatic rings. The molecule has 1 saturated heterocycles. The number of nitrogens with zero attached hydrogens (tertiary/aromatic N) is 4. The zero-order chi connectivity index (χ0) is 32.7. The van der Waals surface area contributed by atoms with Gasteiger partial charge < -0.3 is 0 Å². The van der Waals surface area contributed by atoms with Gasteiger partial charge >= 0.3 is 0 Å². The number of aryl methyl sites for hydroxylation is 2. The lowest BCUT2D eigenvalue weighted by Gasteiger charge is -2.36. The van der Waals surface area contributed by atoms with Crippen molar-refractivity contribution in [2.24, 2.45) is 0 Å². The molecule has 1 aromatic heterocycles. The average Bonchev–Trinajstić information content (AvgIpc) is 3.03. The highest BCUT2D eigenvalue weighted by Crippen LogP contribution is 2.39. The minimum absolute atomic E-state index is 0.0894. The number of nitro groups is 1. The zero-order valence-electron chi connectivity index (χ0n) is 24.2. The van der Waals surface area contributed by atoms with Gasteiger partial charge in [-0.05, 0) is 91.3 Å². The van der Waals surface area contributed by atoms with E-state index >= 15 is 0 Å². The lowest BCUT2D eigenvalue weighted by Crippen LogP contribution is -2.57. The van der Waals surface area contributed by atoms with Crippen LogP contribution in [0.3, 0.4) is 0 Å². The molecule has 228 valence electrons. The fraction of sp³-hybridized carbons (Fsp3) is 0.0588. The van der Waals surface area contributed by atoms with Crippen LogP contribution in [0.25, 0.3) is 17.0 Å². The summed E-state index contributed by atoms with van der Waals surface area (Å²) in [5, 5.41) is 13.9. The Hall–Kier alpha value is -4.61. The second kappa shape index (κ2) is 12.6. The molecule has 12 heteroatoms. The van der Waals surface area contributed by atoms with Crippen LogP contribution >= 0.6 is 47.2 Å². The van der Waals surface area contributed by atoms with Crippen molar-refractivity contribution < 1.29 is 14.5 Å². The van der Waals surface area contributed by atoms with Crippen molar-refractivity contribution >= 4 is 98.1 Å². The van der Waals surface area contributed by atoms with Gasteiger partial charge in [0.25, 0.3) is 17.5 Å². The first kappa shape index (κ1) is 31.4. The normalized spacial score (nSPS) is 13.5. The molecule has 4 aromatic carbocycles. The maximum absolute atomic E-state index is 14.0. The summed E-state index contributed by atoms with van der Waals surface area (Å²) in [6, 6.07) is 23.9. The molecular formula is C34H22Cl2N4O4S2. The van der Waals surface area contributed by atoms with Crippen molar-refractivity contribution in [1.29, 1.82) is 0 Å². The molecule has 0 spiro atoms. The maximum atomic E-state index is 14.0. The summed E-state index contributed by atoms with van der Waals surface area (Å²) in [6.07, 6.45) is 3.00.